The number of ether oxygens (including phenoxy) is 2. The lowest BCUT2D eigenvalue weighted by Crippen LogP contribution is -2.58. The fourth-order valence-corrected chi connectivity index (χ4v) is 3.06. The Morgan fingerprint density at radius 3 is 2.77 bits per heavy atom. The lowest BCUT2D eigenvalue weighted by molar-refractivity contribution is -0.268. The Kier molecular flexibility index (Phi) is 5.47. The number of aromatic amines is 1. The number of carbonyl (C=O) groups excluding carboxylic acids is 1. The molecule has 8 heteroatoms. The molecule has 1 amide bonds. The van der Waals surface area contributed by atoms with Gasteiger partial charge in [0.1, 0.15) is 24.1 Å². The third kappa shape index (κ3) is 3.83. The number of aliphatic hydroxyl groups is 3. The minimum absolute atomic E-state index is 0.0767. The molecular weight excluding hydrogens is 340 g/mol. The van der Waals surface area contributed by atoms with Gasteiger partial charge in [-0.25, -0.2) is 0 Å². The number of aromatic nitrogens is 1. The summed E-state index contributed by atoms with van der Waals surface area (Å²) in [5.41, 5.74) is 1.94. The summed E-state index contributed by atoms with van der Waals surface area (Å²) < 4.78 is 11.2. The number of hydrogen-bond acceptors (Lipinski definition) is 6. The summed E-state index contributed by atoms with van der Waals surface area (Å²) in [4.78, 5) is 14.2. The van der Waals surface area contributed by atoms with Crippen LogP contribution in [0.3, 0.4) is 0 Å². The fourth-order valence-electron chi connectivity index (χ4n) is 3.06. The fraction of sp³-hybridized carbons (Fsp3) is 0.500. The van der Waals surface area contributed by atoms with E-state index in [2.05, 4.69) is 10.3 Å². The molecule has 0 aliphatic carbocycles. The number of carbonyl (C=O) groups is 1. The van der Waals surface area contributed by atoms with Crippen LogP contribution in [0.25, 0.3) is 10.9 Å². The predicted molar refractivity (Wildman–Crippen MR) is 93.7 cm³/mol. The van der Waals surface area contributed by atoms with Gasteiger partial charge in [0.25, 0.3) is 0 Å². The van der Waals surface area contributed by atoms with Gasteiger partial charge in [-0.1, -0.05) is 0 Å². The van der Waals surface area contributed by atoms with Crippen LogP contribution < -0.4 is 10.1 Å². The first kappa shape index (κ1) is 18.7. The van der Waals surface area contributed by atoms with Crippen molar-refractivity contribution in [2.75, 3.05) is 6.54 Å². The highest BCUT2D eigenvalue weighted by molar-refractivity contribution is 5.84. The highest BCUT2D eigenvalue weighted by Gasteiger charge is 2.43. The van der Waals surface area contributed by atoms with Crippen LogP contribution in [0.1, 0.15) is 19.4 Å². The number of benzene rings is 1. The second kappa shape index (κ2) is 7.63. The van der Waals surface area contributed by atoms with Gasteiger partial charge in [-0.2, -0.15) is 0 Å². The zero-order valence-corrected chi connectivity index (χ0v) is 14.7. The number of H-pyrrole nitrogens is 1. The molecule has 0 saturated carbocycles. The lowest BCUT2D eigenvalue weighted by Gasteiger charge is -2.38. The summed E-state index contributed by atoms with van der Waals surface area (Å²) in [6.45, 7) is 3.61. The minimum Gasteiger partial charge on any atom is -0.462 e. The molecule has 0 bridgehead atoms. The van der Waals surface area contributed by atoms with Gasteiger partial charge in [0.05, 0.1) is 6.10 Å². The standard InChI is InChI=1S/C18H24N2O6/c1-9-15(22)16(23)17(24)18(25-9)26-12-3-4-14-13(7-12)11(8-20-14)5-6-19-10(2)21/h3-4,7-9,15-18,20,22-24H,5-6H2,1-2H3,(H,19,21)/t9-,15-,16+,17-,18+/m1/s1. The number of amides is 1. The van der Waals surface area contributed by atoms with E-state index in [0.717, 1.165) is 16.5 Å². The van der Waals surface area contributed by atoms with E-state index in [1.54, 1.807) is 13.0 Å². The van der Waals surface area contributed by atoms with Crippen LogP contribution in [0.4, 0.5) is 0 Å². The normalized spacial score (nSPS) is 28.9. The molecule has 5 N–H and O–H groups in total. The van der Waals surface area contributed by atoms with Gasteiger partial charge in [-0.15, -0.1) is 0 Å². The van der Waals surface area contributed by atoms with Crippen molar-refractivity contribution in [1.82, 2.24) is 10.3 Å². The third-order valence-corrected chi connectivity index (χ3v) is 4.57. The molecule has 2 heterocycles. The smallest absolute Gasteiger partial charge is 0.229 e. The van der Waals surface area contributed by atoms with E-state index in [4.69, 9.17) is 9.47 Å². The van der Waals surface area contributed by atoms with Crippen LogP contribution in [-0.4, -0.2) is 63.5 Å². The van der Waals surface area contributed by atoms with E-state index in [1.807, 2.05) is 18.3 Å². The van der Waals surface area contributed by atoms with Crippen molar-refractivity contribution in [1.29, 1.82) is 0 Å². The summed E-state index contributed by atoms with van der Waals surface area (Å²) in [6.07, 6.45) is -3.07. The Hall–Kier alpha value is -2.13. The Morgan fingerprint density at radius 1 is 1.27 bits per heavy atom. The van der Waals surface area contributed by atoms with Gasteiger partial charge in [0.15, 0.2) is 0 Å². The summed E-state index contributed by atoms with van der Waals surface area (Å²) in [5.74, 6) is 0.393. The maximum absolute atomic E-state index is 11.0. The first-order valence-corrected chi connectivity index (χ1v) is 8.57. The topological polar surface area (TPSA) is 124 Å². The van der Waals surface area contributed by atoms with Crippen LogP contribution in [0.2, 0.25) is 0 Å². The van der Waals surface area contributed by atoms with Crippen molar-refractivity contribution in [3.63, 3.8) is 0 Å². The van der Waals surface area contributed by atoms with Crippen LogP contribution in [0.15, 0.2) is 24.4 Å². The van der Waals surface area contributed by atoms with Crippen LogP contribution >= 0.6 is 0 Å². The highest BCUT2D eigenvalue weighted by Crippen LogP contribution is 2.28. The Labute approximate surface area is 150 Å². The number of hydrogen-bond donors (Lipinski definition) is 5. The Morgan fingerprint density at radius 2 is 2.04 bits per heavy atom. The van der Waals surface area contributed by atoms with Crippen LogP contribution in [0.5, 0.6) is 5.75 Å². The maximum atomic E-state index is 11.0. The summed E-state index contributed by atoms with van der Waals surface area (Å²) >= 11 is 0. The van der Waals surface area contributed by atoms with Crippen molar-refractivity contribution in [3.05, 3.63) is 30.0 Å². The molecule has 26 heavy (non-hydrogen) atoms. The van der Waals surface area contributed by atoms with Crippen molar-refractivity contribution < 1.29 is 29.6 Å². The molecule has 142 valence electrons. The molecule has 8 nitrogen and oxygen atoms in total. The number of nitrogens with one attached hydrogen (secondary N) is 2. The highest BCUT2D eigenvalue weighted by atomic mass is 16.7. The average molecular weight is 364 g/mol. The molecule has 1 aromatic carbocycles. The van der Waals surface area contributed by atoms with Crippen molar-refractivity contribution in [2.45, 2.75) is 51.0 Å². The number of rotatable bonds is 5. The third-order valence-electron chi connectivity index (χ3n) is 4.57. The molecule has 5 atom stereocenters. The van der Waals surface area contributed by atoms with E-state index in [-0.39, 0.29) is 5.91 Å². The Balaban J connectivity index is 1.75. The van der Waals surface area contributed by atoms with E-state index in [0.29, 0.717) is 18.7 Å². The predicted octanol–water partition coefficient (Wildman–Crippen LogP) is 0.0528. The minimum atomic E-state index is -1.36. The number of fused-ring (bicyclic) bond motifs is 1. The SMILES string of the molecule is CC(=O)NCCc1c[nH]c2ccc(O[C@@H]3O[C@H](C)[C@@H](O)[C@H](O)[C@H]3O)cc12. The van der Waals surface area contributed by atoms with Crippen LogP contribution in [0, 0.1) is 0 Å². The largest absolute Gasteiger partial charge is 0.462 e. The molecular formula is C18H24N2O6. The van der Waals surface area contributed by atoms with Crippen molar-refractivity contribution >= 4 is 16.8 Å². The number of aliphatic hydroxyl groups excluding tert-OH is 3. The molecule has 1 aromatic heterocycles. The quantitative estimate of drug-likeness (QED) is 0.511. The Bertz CT molecular complexity index is 776. The van der Waals surface area contributed by atoms with Gasteiger partial charge in [0.2, 0.25) is 12.2 Å². The molecule has 1 aliphatic rings. The first-order valence-electron chi connectivity index (χ1n) is 8.57. The molecule has 3 rings (SSSR count). The summed E-state index contributed by atoms with van der Waals surface area (Å²) in [5, 5.41) is 33.4. The van der Waals surface area contributed by atoms with E-state index < -0.39 is 30.7 Å². The van der Waals surface area contributed by atoms with Crippen molar-refractivity contribution in [2.24, 2.45) is 0 Å². The molecule has 1 aliphatic heterocycles. The first-order chi connectivity index (χ1) is 12.4. The molecule has 1 saturated heterocycles. The van der Waals surface area contributed by atoms with E-state index >= 15 is 0 Å². The van der Waals surface area contributed by atoms with E-state index in [1.165, 1.54) is 6.92 Å². The molecule has 2 aromatic rings. The van der Waals surface area contributed by atoms with Gasteiger partial charge in [0, 0.05) is 30.6 Å². The zero-order chi connectivity index (χ0) is 18.8. The second-order valence-corrected chi connectivity index (χ2v) is 6.55. The monoisotopic (exact) mass is 364 g/mol. The van der Waals surface area contributed by atoms with Crippen molar-refractivity contribution in [3.8, 4) is 5.75 Å². The molecule has 0 spiro atoms. The summed E-state index contributed by atoms with van der Waals surface area (Å²) in [7, 11) is 0. The van der Waals surface area contributed by atoms with Gasteiger partial charge in [-0.3, -0.25) is 4.79 Å². The average Bonchev–Trinajstić information content (AvgIpc) is 3.00. The van der Waals surface area contributed by atoms with Gasteiger partial charge >= 0.3 is 0 Å². The van der Waals surface area contributed by atoms with Gasteiger partial charge < -0.3 is 35.1 Å². The summed E-state index contributed by atoms with van der Waals surface area (Å²) in [6, 6.07) is 5.39. The maximum Gasteiger partial charge on any atom is 0.229 e. The second-order valence-electron chi connectivity index (χ2n) is 6.55. The molecule has 0 unspecified atom stereocenters. The lowest BCUT2D eigenvalue weighted by atomic mass is 10.00. The zero-order valence-electron chi connectivity index (χ0n) is 14.7. The molecule has 1 fully saturated rings. The van der Waals surface area contributed by atoms with E-state index in [9.17, 15) is 20.1 Å². The van der Waals surface area contributed by atoms with Gasteiger partial charge in [-0.05, 0) is 37.1 Å². The van der Waals surface area contributed by atoms with Crippen LogP contribution in [-0.2, 0) is 16.0 Å². The molecule has 0 radical (unpaired) electrons.